The van der Waals surface area contributed by atoms with Gasteiger partial charge >= 0.3 is 0 Å². The van der Waals surface area contributed by atoms with Crippen molar-refractivity contribution in [3.05, 3.63) is 28.8 Å². The van der Waals surface area contributed by atoms with Gasteiger partial charge in [0.05, 0.1) is 0 Å². The summed E-state index contributed by atoms with van der Waals surface area (Å²) in [5.74, 6) is 0. The van der Waals surface area contributed by atoms with Gasteiger partial charge in [-0.15, -0.1) is 0 Å². The van der Waals surface area contributed by atoms with Crippen LogP contribution in [0.25, 0.3) is 0 Å². The monoisotopic (exact) mass is 160 g/mol. The predicted octanol–water partition coefficient (Wildman–Crippen LogP) is 0.669. The van der Waals surface area contributed by atoms with E-state index in [1.54, 1.807) is 6.07 Å². The number of halogens is 1. The van der Waals surface area contributed by atoms with Gasteiger partial charge in [0.1, 0.15) is 5.15 Å². The third kappa shape index (κ3) is 1.06. The topological polar surface area (TPSA) is 57.8 Å². The Morgan fingerprint density at radius 2 is 2.20 bits per heavy atom. The summed E-state index contributed by atoms with van der Waals surface area (Å²) >= 11 is 5.43. The fraction of sp³-hybridized carbons (Fsp3) is 0. The van der Waals surface area contributed by atoms with E-state index in [1.807, 2.05) is 0 Å². The van der Waals surface area contributed by atoms with Crippen LogP contribution in [-0.4, -0.2) is 15.1 Å². The highest BCUT2D eigenvalue weighted by molar-refractivity contribution is 6.29. The highest BCUT2D eigenvalue weighted by Gasteiger charge is 1.93. The van der Waals surface area contributed by atoms with Crippen LogP contribution in [0.2, 0.25) is 5.15 Å². The van der Waals surface area contributed by atoms with E-state index in [0.29, 0.717) is 4.73 Å². The minimum atomic E-state index is -0.00694. The second-order valence-electron chi connectivity index (χ2n) is 1.62. The lowest BCUT2D eigenvalue weighted by Crippen LogP contribution is -2.17. The molecule has 1 aromatic rings. The molecule has 1 rings (SSSR count). The zero-order chi connectivity index (χ0) is 7.56. The summed E-state index contributed by atoms with van der Waals surface area (Å²) in [5, 5.41) is 20.0. The normalized spacial score (nSPS) is 11.9. The van der Waals surface area contributed by atoms with Crippen LogP contribution in [0, 0.1) is 0 Å². The predicted molar refractivity (Wildman–Crippen MR) is 34.0 cm³/mol. The molecule has 0 atom stereocenters. The molecule has 0 aliphatic heterocycles. The number of hydrogen-bond acceptors (Lipinski definition) is 3. The van der Waals surface area contributed by atoms with Crippen LogP contribution in [0.3, 0.4) is 0 Å². The molecule has 2 N–H and O–H groups in total. The lowest BCUT2D eigenvalue weighted by atomic mass is 10.5. The van der Waals surface area contributed by atoms with Gasteiger partial charge in [-0.25, -0.2) is 0 Å². The maximum absolute atomic E-state index is 8.93. The summed E-state index contributed by atoms with van der Waals surface area (Å²) in [6, 6.07) is 4.44. The van der Waals surface area contributed by atoms with E-state index in [1.165, 1.54) is 12.1 Å². The van der Waals surface area contributed by atoms with E-state index >= 15 is 0 Å². The molecular formula is C5H5ClN2O2. The molecule has 54 valence electrons. The van der Waals surface area contributed by atoms with Crippen molar-refractivity contribution >= 4 is 11.6 Å². The first kappa shape index (κ1) is 6.95. The van der Waals surface area contributed by atoms with E-state index in [9.17, 15) is 0 Å². The molecule has 4 nitrogen and oxygen atoms in total. The van der Waals surface area contributed by atoms with Crippen LogP contribution in [-0.2, 0) is 0 Å². The fourth-order valence-electron chi connectivity index (χ4n) is 0.540. The Morgan fingerprint density at radius 3 is 2.70 bits per heavy atom. The molecular weight excluding hydrogens is 156 g/mol. The average Bonchev–Trinajstić information content (AvgIpc) is 1.95. The van der Waals surface area contributed by atoms with Gasteiger partial charge in [0.2, 0.25) is 5.49 Å². The van der Waals surface area contributed by atoms with E-state index in [4.69, 9.17) is 22.0 Å². The van der Waals surface area contributed by atoms with Gasteiger partial charge < -0.3 is 10.4 Å². The highest BCUT2D eigenvalue weighted by atomic mass is 35.5. The van der Waals surface area contributed by atoms with Crippen molar-refractivity contribution in [3.8, 4) is 0 Å². The highest BCUT2D eigenvalue weighted by Crippen LogP contribution is 2.00. The van der Waals surface area contributed by atoms with Crippen molar-refractivity contribution in [2.75, 3.05) is 0 Å². The number of rotatable bonds is 0. The number of pyridine rings is 1. The first-order valence-electron chi connectivity index (χ1n) is 2.50. The lowest BCUT2D eigenvalue weighted by Gasteiger charge is -1.97. The van der Waals surface area contributed by atoms with Crippen molar-refractivity contribution in [1.29, 1.82) is 0 Å². The Hall–Kier alpha value is -1.16. The Kier molecular flexibility index (Phi) is 1.82. The largest absolute Gasteiger partial charge is 0.425 e. The van der Waals surface area contributed by atoms with E-state index < -0.39 is 0 Å². The fourth-order valence-corrected chi connectivity index (χ4v) is 0.699. The Labute approximate surface area is 61.6 Å². The average molecular weight is 161 g/mol. The van der Waals surface area contributed by atoms with Crippen LogP contribution in [0.4, 0.5) is 0 Å². The summed E-state index contributed by atoms with van der Waals surface area (Å²) in [4.78, 5) is 0. The van der Waals surface area contributed by atoms with Crippen molar-refractivity contribution in [2.45, 2.75) is 0 Å². The van der Waals surface area contributed by atoms with Crippen molar-refractivity contribution < 1.29 is 10.4 Å². The minimum Gasteiger partial charge on any atom is -0.425 e. The first-order chi connectivity index (χ1) is 4.75. The molecule has 0 amide bonds. The summed E-state index contributed by atoms with van der Waals surface area (Å²) in [7, 11) is 0. The van der Waals surface area contributed by atoms with Gasteiger partial charge in [-0.2, -0.15) is 4.73 Å². The molecule has 0 unspecified atom stereocenters. The van der Waals surface area contributed by atoms with E-state index in [0.717, 1.165) is 0 Å². The van der Waals surface area contributed by atoms with Crippen molar-refractivity contribution in [2.24, 2.45) is 5.16 Å². The summed E-state index contributed by atoms with van der Waals surface area (Å²) in [6.07, 6.45) is 0. The standard InChI is InChI=1S/C5H5ClN2O2/c6-4-2-1-3-5(7-9)8(4)10/h1-3,9-10H/b7-5+. The second kappa shape index (κ2) is 2.62. The van der Waals surface area contributed by atoms with Crippen LogP contribution < -0.4 is 5.49 Å². The van der Waals surface area contributed by atoms with Crippen molar-refractivity contribution in [3.63, 3.8) is 0 Å². The molecule has 0 fully saturated rings. The Bertz CT molecular complexity index is 294. The summed E-state index contributed by atoms with van der Waals surface area (Å²) in [6.45, 7) is 0. The van der Waals surface area contributed by atoms with Crippen LogP contribution >= 0.6 is 11.6 Å². The molecule has 5 heteroatoms. The quantitative estimate of drug-likeness (QED) is 0.254. The lowest BCUT2D eigenvalue weighted by molar-refractivity contribution is 0.159. The molecule has 0 saturated heterocycles. The van der Waals surface area contributed by atoms with Crippen molar-refractivity contribution in [1.82, 2.24) is 4.73 Å². The van der Waals surface area contributed by atoms with Crippen LogP contribution in [0.15, 0.2) is 23.4 Å². The molecule has 0 bridgehead atoms. The second-order valence-corrected chi connectivity index (χ2v) is 2.01. The zero-order valence-electron chi connectivity index (χ0n) is 4.90. The summed E-state index contributed by atoms with van der Waals surface area (Å²) in [5.41, 5.74) is -0.00694. The maximum atomic E-state index is 8.93. The Balaban J connectivity index is 3.43. The third-order valence-electron chi connectivity index (χ3n) is 1.00. The molecule has 1 heterocycles. The van der Waals surface area contributed by atoms with Gasteiger partial charge in [0.15, 0.2) is 0 Å². The molecule has 1 aromatic heterocycles. The maximum Gasteiger partial charge on any atom is 0.208 e. The molecule has 0 radical (unpaired) electrons. The smallest absolute Gasteiger partial charge is 0.208 e. The summed E-state index contributed by atoms with van der Waals surface area (Å²) < 4.78 is 0.571. The minimum absolute atomic E-state index is 0.00694. The van der Waals surface area contributed by atoms with E-state index in [2.05, 4.69) is 5.16 Å². The van der Waals surface area contributed by atoms with Gasteiger partial charge in [-0.3, -0.25) is 0 Å². The zero-order valence-corrected chi connectivity index (χ0v) is 5.65. The number of nitrogens with zero attached hydrogens (tertiary/aromatic N) is 2. The molecule has 10 heavy (non-hydrogen) atoms. The molecule has 0 saturated carbocycles. The van der Waals surface area contributed by atoms with Gasteiger partial charge in [-0.05, 0) is 12.1 Å². The van der Waals surface area contributed by atoms with E-state index in [-0.39, 0.29) is 10.6 Å². The van der Waals surface area contributed by atoms with Crippen LogP contribution in [0.1, 0.15) is 0 Å². The number of aromatic nitrogens is 1. The molecule has 0 aromatic carbocycles. The van der Waals surface area contributed by atoms with Crippen LogP contribution in [0.5, 0.6) is 0 Å². The van der Waals surface area contributed by atoms with Gasteiger partial charge in [0.25, 0.3) is 0 Å². The molecule has 0 aliphatic rings. The van der Waals surface area contributed by atoms with Gasteiger partial charge in [-0.1, -0.05) is 22.8 Å². The van der Waals surface area contributed by atoms with Gasteiger partial charge in [0, 0.05) is 0 Å². The first-order valence-corrected chi connectivity index (χ1v) is 2.88. The molecule has 0 spiro atoms. The third-order valence-corrected chi connectivity index (χ3v) is 1.29. The SMILES string of the molecule is O/N=c1\cccc(Cl)n1O. The number of hydrogen-bond donors (Lipinski definition) is 2. The molecule has 0 aliphatic carbocycles. The Morgan fingerprint density at radius 1 is 1.50 bits per heavy atom.